The summed E-state index contributed by atoms with van der Waals surface area (Å²) in [6.45, 7) is 6.69. The van der Waals surface area contributed by atoms with Crippen LogP contribution in [-0.4, -0.2) is 60.4 Å². The first kappa shape index (κ1) is 24.2. The second-order valence-corrected chi connectivity index (χ2v) is 9.54. The molecule has 1 unspecified atom stereocenters. The number of likely N-dealkylation sites (tertiary alicyclic amines) is 2. The first-order chi connectivity index (χ1) is 16.4. The van der Waals surface area contributed by atoms with Gasteiger partial charge in [-0.3, -0.25) is 14.5 Å². The first-order valence-corrected chi connectivity index (χ1v) is 12.2. The molecule has 0 bridgehead atoms. The Balaban J connectivity index is 1.25. The van der Waals surface area contributed by atoms with Gasteiger partial charge >= 0.3 is 0 Å². The number of carbonyl (C=O) groups is 2. The molecule has 34 heavy (non-hydrogen) atoms. The van der Waals surface area contributed by atoms with E-state index in [1.165, 1.54) is 5.56 Å². The summed E-state index contributed by atoms with van der Waals surface area (Å²) in [6.07, 6.45) is 10.1. The maximum atomic E-state index is 13.0. The topological polar surface area (TPSA) is 75.9 Å². The number of hydrogen-bond acceptors (Lipinski definition) is 4. The summed E-state index contributed by atoms with van der Waals surface area (Å²) in [5, 5.41) is 0. The van der Waals surface area contributed by atoms with Gasteiger partial charge in [0.1, 0.15) is 17.6 Å². The third kappa shape index (κ3) is 5.95. The van der Waals surface area contributed by atoms with E-state index < -0.39 is 11.9 Å². The summed E-state index contributed by atoms with van der Waals surface area (Å²) in [4.78, 5) is 28.1. The van der Waals surface area contributed by atoms with Crippen LogP contribution in [0.5, 0.6) is 5.75 Å². The van der Waals surface area contributed by atoms with Gasteiger partial charge in [-0.1, -0.05) is 36.9 Å². The minimum Gasteiger partial charge on any atom is -0.493 e. The molecule has 1 aromatic rings. The number of piperidine rings is 1. The number of carbonyl (C=O) groups excluding carboxylic acids is 2. The lowest BCUT2D eigenvalue weighted by atomic mass is 9.90. The standard InChI is InChI=1S/C27H34FN3O3/c1-19(28)17-30-15-12-20(13-16-30)18-34-24-10-8-22(9-11-24)21-4-6-23(7-5-21)27(33)31-14-2-3-25(31)26(29)32/h4,6-11,20-21,25H,1-3,5,12-18H2,(H2,29,32)/t21?,25-/m0/s1. The Morgan fingerprint density at radius 3 is 2.47 bits per heavy atom. The fourth-order valence-electron chi connectivity index (χ4n) is 5.08. The van der Waals surface area contributed by atoms with Gasteiger partial charge in [0, 0.05) is 24.6 Å². The van der Waals surface area contributed by atoms with Gasteiger partial charge in [0.05, 0.1) is 6.61 Å². The monoisotopic (exact) mass is 467 g/mol. The number of primary amides is 1. The molecule has 2 saturated heterocycles. The lowest BCUT2D eigenvalue weighted by Crippen LogP contribution is -2.44. The van der Waals surface area contributed by atoms with E-state index in [0.29, 0.717) is 37.6 Å². The Hall–Kier alpha value is -2.93. The number of nitrogens with zero attached hydrogens (tertiary/aromatic N) is 2. The van der Waals surface area contributed by atoms with Crippen molar-refractivity contribution in [1.82, 2.24) is 9.80 Å². The zero-order valence-corrected chi connectivity index (χ0v) is 19.6. The van der Waals surface area contributed by atoms with Crippen molar-refractivity contribution < 1.29 is 18.7 Å². The molecular weight excluding hydrogens is 433 g/mol. The van der Waals surface area contributed by atoms with Gasteiger partial charge < -0.3 is 15.4 Å². The Bertz CT molecular complexity index is 964. The number of nitrogens with two attached hydrogens (primary N) is 1. The van der Waals surface area contributed by atoms with Crippen LogP contribution in [0, 0.1) is 5.92 Å². The van der Waals surface area contributed by atoms with Crippen molar-refractivity contribution in [3.63, 3.8) is 0 Å². The molecule has 2 fully saturated rings. The fraction of sp³-hybridized carbons (Fsp3) is 0.481. The highest BCUT2D eigenvalue weighted by Crippen LogP contribution is 2.30. The summed E-state index contributed by atoms with van der Waals surface area (Å²) in [7, 11) is 0. The lowest BCUT2D eigenvalue weighted by Gasteiger charge is -2.31. The Morgan fingerprint density at radius 1 is 1.12 bits per heavy atom. The van der Waals surface area contributed by atoms with E-state index in [1.807, 2.05) is 24.3 Å². The van der Waals surface area contributed by atoms with E-state index in [4.69, 9.17) is 10.5 Å². The number of allylic oxidation sites excluding steroid dienone is 2. The molecule has 0 aromatic heterocycles. The van der Waals surface area contributed by atoms with Crippen LogP contribution in [0.4, 0.5) is 4.39 Å². The summed E-state index contributed by atoms with van der Waals surface area (Å²) >= 11 is 0. The van der Waals surface area contributed by atoms with Crippen LogP contribution < -0.4 is 10.5 Å². The molecule has 1 aromatic carbocycles. The fourth-order valence-corrected chi connectivity index (χ4v) is 5.08. The van der Waals surface area contributed by atoms with Crippen LogP contribution in [0.3, 0.4) is 0 Å². The maximum Gasteiger partial charge on any atom is 0.254 e. The first-order valence-electron chi connectivity index (χ1n) is 12.2. The smallest absolute Gasteiger partial charge is 0.254 e. The normalized spacial score (nSPS) is 23.6. The molecule has 6 nitrogen and oxygen atoms in total. The predicted octanol–water partition coefficient (Wildman–Crippen LogP) is 3.71. The number of amides is 2. The minimum absolute atomic E-state index is 0.111. The lowest BCUT2D eigenvalue weighted by molar-refractivity contribution is -0.134. The van der Waals surface area contributed by atoms with E-state index >= 15 is 0 Å². The molecule has 2 heterocycles. The minimum atomic E-state index is -0.491. The van der Waals surface area contributed by atoms with Crippen molar-refractivity contribution >= 4 is 11.8 Å². The number of rotatable bonds is 8. The molecule has 3 aliphatic rings. The van der Waals surface area contributed by atoms with Crippen LogP contribution in [-0.2, 0) is 9.59 Å². The molecule has 7 heteroatoms. The highest BCUT2D eigenvalue weighted by Gasteiger charge is 2.34. The largest absolute Gasteiger partial charge is 0.493 e. The highest BCUT2D eigenvalue weighted by atomic mass is 19.1. The van der Waals surface area contributed by atoms with Gasteiger partial charge in [0.15, 0.2) is 0 Å². The Kier molecular flexibility index (Phi) is 7.83. The molecule has 2 atom stereocenters. The van der Waals surface area contributed by atoms with Crippen molar-refractivity contribution in [2.75, 3.05) is 32.8 Å². The van der Waals surface area contributed by atoms with Gasteiger partial charge in [0.2, 0.25) is 5.91 Å². The van der Waals surface area contributed by atoms with E-state index in [0.717, 1.165) is 44.5 Å². The van der Waals surface area contributed by atoms with E-state index in [-0.39, 0.29) is 17.7 Å². The molecular formula is C27H34FN3O3. The van der Waals surface area contributed by atoms with Crippen LogP contribution in [0.1, 0.15) is 43.6 Å². The predicted molar refractivity (Wildman–Crippen MR) is 130 cm³/mol. The Morgan fingerprint density at radius 2 is 1.85 bits per heavy atom. The molecule has 2 amide bonds. The zero-order chi connectivity index (χ0) is 24.1. The molecule has 2 aliphatic heterocycles. The van der Waals surface area contributed by atoms with Gasteiger partial charge in [-0.25, -0.2) is 4.39 Å². The van der Waals surface area contributed by atoms with Gasteiger partial charge in [-0.2, -0.15) is 0 Å². The van der Waals surface area contributed by atoms with Gasteiger partial charge in [-0.05, 0) is 68.8 Å². The number of hydrogen-bond donors (Lipinski definition) is 1. The van der Waals surface area contributed by atoms with Crippen LogP contribution in [0.25, 0.3) is 0 Å². The van der Waals surface area contributed by atoms with E-state index in [1.54, 1.807) is 4.90 Å². The van der Waals surface area contributed by atoms with Crippen molar-refractivity contribution in [2.24, 2.45) is 11.7 Å². The second-order valence-electron chi connectivity index (χ2n) is 9.54. The summed E-state index contributed by atoms with van der Waals surface area (Å²) in [5.74, 6) is 0.715. The summed E-state index contributed by atoms with van der Waals surface area (Å²) in [6, 6.07) is 7.65. The summed E-state index contributed by atoms with van der Waals surface area (Å²) in [5.41, 5.74) is 7.25. The molecule has 4 rings (SSSR count). The molecule has 0 spiro atoms. The molecule has 0 radical (unpaired) electrons. The Labute approximate surface area is 200 Å². The number of ether oxygens (including phenoxy) is 1. The van der Waals surface area contributed by atoms with Crippen LogP contribution >= 0.6 is 0 Å². The quantitative estimate of drug-likeness (QED) is 0.633. The SMILES string of the molecule is C=C(F)CN1CCC(COc2ccc(C3C=CC(C(=O)N4CCC[C@H]4C(N)=O)=CC3)cc2)CC1. The number of halogens is 1. The second kappa shape index (κ2) is 11.0. The van der Waals surface area contributed by atoms with E-state index in [9.17, 15) is 14.0 Å². The average Bonchev–Trinajstić information content (AvgIpc) is 3.34. The molecule has 182 valence electrons. The van der Waals surface area contributed by atoms with Crippen molar-refractivity contribution in [2.45, 2.75) is 44.1 Å². The molecule has 2 N–H and O–H groups in total. The third-order valence-electron chi connectivity index (χ3n) is 7.09. The maximum absolute atomic E-state index is 13.0. The van der Waals surface area contributed by atoms with Crippen LogP contribution in [0.15, 0.2) is 60.5 Å². The summed E-state index contributed by atoms with van der Waals surface area (Å²) < 4.78 is 19.0. The van der Waals surface area contributed by atoms with Gasteiger partial charge in [-0.15, -0.1) is 0 Å². The van der Waals surface area contributed by atoms with E-state index in [2.05, 4.69) is 29.7 Å². The highest BCUT2D eigenvalue weighted by molar-refractivity contribution is 5.99. The van der Waals surface area contributed by atoms with Gasteiger partial charge in [0.25, 0.3) is 5.91 Å². The zero-order valence-electron chi connectivity index (χ0n) is 19.6. The van der Waals surface area contributed by atoms with Crippen molar-refractivity contribution in [1.29, 1.82) is 0 Å². The van der Waals surface area contributed by atoms with Crippen molar-refractivity contribution in [3.8, 4) is 5.75 Å². The molecule has 0 saturated carbocycles. The number of benzene rings is 1. The van der Waals surface area contributed by atoms with Crippen molar-refractivity contribution in [3.05, 3.63) is 66.0 Å². The van der Waals surface area contributed by atoms with Crippen LogP contribution in [0.2, 0.25) is 0 Å². The third-order valence-corrected chi connectivity index (χ3v) is 7.09. The average molecular weight is 468 g/mol. The molecule has 1 aliphatic carbocycles.